The molecule has 7 heteroatoms. The molecule has 4 nitrogen and oxygen atoms in total. The Bertz CT molecular complexity index is 312. The van der Waals surface area contributed by atoms with E-state index in [9.17, 15) is 8.42 Å². The summed E-state index contributed by atoms with van der Waals surface area (Å²) in [5.74, 6) is 0. The monoisotopic (exact) mass is 214 g/mol. The Morgan fingerprint density at radius 2 is 2.09 bits per heavy atom. The second-order valence-corrected chi connectivity index (χ2v) is 4.00. The normalized spacial score (nSPS) is 10.3. The number of rotatable bonds is 1. The van der Waals surface area contributed by atoms with Gasteiger partial charge in [0.25, 0.3) is 9.05 Å². The fraction of sp³-hybridized carbons (Fsp3) is 0. The maximum Gasteiger partial charge on any atom is 0.278 e. The Morgan fingerprint density at radius 3 is 2.36 bits per heavy atom. The maximum atomic E-state index is 10.5. The summed E-state index contributed by atoms with van der Waals surface area (Å²) >= 11 is 0. The molecule has 0 bridgehead atoms. The smallest absolute Gasteiger partial charge is 0.245 e. The SMILES string of the molecule is Cl.O=S(=O)(Cl)c1ccncn1. The van der Waals surface area contributed by atoms with Crippen LogP contribution in [0.4, 0.5) is 0 Å². The Labute approximate surface area is 74.5 Å². The van der Waals surface area contributed by atoms with E-state index in [2.05, 4.69) is 9.97 Å². The van der Waals surface area contributed by atoms with E-state index in [0.29, 0.717) is 0 Å². The molecule has 11 heavy (non-hydrogen) atoms. The molecule has 0 aliphatic carbocycles. The number of aromatic nitrogens is 2. The quantitative estimate of drug-likeness (QED) is 0.514. The van der Waals surface area contributed by atoms with Crippen molar-refractivity contribution in [3.05, 3.63) is 18.6 Å². The third-order valence-corrected chi connectivity index (χ3v) is 2.02. The summed E-state index contributed by atoms with van der Waals surface area (Å²) < 4.78 is 21.0. The largest absolute Gasteiger partial charge is 0.278 e. The van der Waals surface area contributed by atoms with Gasteiger partial charge in [0.05, 0.1) is 0 Å². The van der Waals surface area contributed by atoms with E-state index in [-0.39, 0.29) is 17.4 Å². The van der Waals surface area contributed by atoms with E-state index in [0.717, 1.165) is 6.33 Å². The van der Waals surface area contributed by atoms with Crippen molar-refractivity contribution in [3.8, 4) is 0 Å². The highest BCUT2D eigenvalue weighted by molar-refractivity contribution is 8.13. The first-order valence-corrected chi connectivity index (χ1v) is 4.62. The van der Waals surface area contributed by atoms with Gasteiger partial charge in [-0.15, -0.1) is 12.4 Å². The van der Waals surface area contributed by atoms with E-state index >= 15 is 0 Å². The van der Waals surface area contributed by atoms with Crippen LogP contribution in [0.3, 0.4) is 0 Å². The molecule has 0 aromatic carbocycles. The van der Waals surface area contributed by atoms with E-state index in [1.807, 2.05) is 0 Å². The van der Waals surface area contributed by atoms with Gasteiger partial charge in [0.1, 0.15) is 6.33 Å². The lowest BCUT2D eigenvalue weighted by Gasteiger charge is -1.89. The van der Waals surface area contributed by atoms with Crippen molar-refractivity contribution in [1.29, 1.82) is 0 Å². The zero-order valence-electron chi connectivity index (χ0n) is 5.14. The second kappa shape index (κ2) is 3.85. The van der Waals surface area contributed by atoms with Gasteiger partial charge in [-0.3, -0.25) is 0 Å². The first kappa shape index (κ1) is 10.6. The summed E-state index contributed by atoms with van der Waals surface area (Å²) in [4.78, 5) is 6.94. The Hall–Kier alpha value is -0.390. The van der Waals surface area contributed by atoms with Gasteiger partial charge >= 0.3 is 0 Å². The predicted molar refractivity (Wildman–Crippen MR) is 42.3 cm³/mol. The molecule has 0 spiro atoms. The second-order valence-electron chi connectivity index (χ2n) is 1.49. The van der Waals surface area contributed by atoms with Gasteiger partial charge in [-0.25, -0.2) is 18.4 Å². The highest BCUT2D eigenvalue weighted by Crippen LogP contribution is 2.08. The fourth-order valence-electron chi connectivity index (χ4n) is 0.423. The van der Waals surface area contributed by atoms with Crippen molar-refractivity contribution in [2.45, 2.75) is 5.03 Å². The number of halogens is 2. The average Bonchev–Trinajstić information content (AvgIpc) is 1.88. The van der Waals surface area contributed by atoms with Crippen molar-refractivity contribution in [2.24, 2.45) is 0 Å². The molecule has 0 N–H and O–H groups in total. The standard InChI is InChI=1S/C4H3ClN2O2S.ClH/c5-10(8,9)4-1-2-6-3-7-4;/h1-3H;1H. The molecule has 0 unspecified atom stereocenters. The molecule has 1 aromatic heterocycles. The van der Waals surface area contributed by atoms with Gasteiger partial charge < -0.3 is 0 Å². The third kappa shape index (κ3) is 3.00. The van der Waals surface area contributed by atoms with Gasteiger partial charge in [-0.2, -0.15) is 0 Å². The summed E-state index contributed by atoms with van der Waals surface area (Å²) in [6.45, 7) is 0. The Balaban J connectivity index is 0.000001000. The van der Waals surface area contributed by atoms with Gasteiger partial charge in [0.2, 0.25) is 0 Å². The molecule has 1 rings (SSSR count). The van der Waals surface area contributed by atoms with Gasteiger partial charge in [-0.05, 0) is 6.07 Å². The fourth-order valence-corrected chi connectivity index (χ4v) is 1.09. The lowest BCUT2D eigenvalue weighted by molar-refractivity contribution is 0.605. The molecule has 1 aromatic rings. The van der Waals surface area contributed by atoms with Crippen LogP contribution in [-0.4, -0.2) is 18.4 Å². The molecule has 1 heterocycles. The molecule has 62 valence electrons. The van der Waals surface area contributed by atoms with E-state index in [1.54, 1.807) is 0 Å². The molecule has 0 saturated heterocycles. The van der Waals surface area contributed by atoms with Crippen LogP contribution in [0.15, 0.2) is 23.6 Å². The van der Waals surface area contributed by atoms with Crippen molar-refractivity contribution in [2.75, 3.05) is 0 Å². The van der Waals surface area contributed by atoms with E-state index in [4.69, 9.17) is 10.7 Å². The topological polar surface area (TPSA) is 59.9 Å². The first-order chi connectivity index (χ1) is 4.61. The number of nitrogens with zero attached hydrogens (tertiary/aromatic N) is 2. The highest BCUT2D eigenvalue weighted by atomic mass is 35.7. The molecule has 0 amide bonds. The van der Waals surface area contributed by atoms with E-state index in [1.165, 1.54) is 12.3 Å². The summed E-state index contributed by atoms with van der Waals surface area (Å²) in [6.07, 6.45) is 2.43. The highest BCUT2D eigenvalue weighted by Gasteiger charge is 2.09. The van der Waals surface area contributed by atoms with Crippen LogP contribution in [0, 0.1) is 0 Å². The van der Waals surface area contributed by atoms with Gasteiger partial charge in [0, 0.05) is 16.9 Å². The molecule has 0 atom stereocenters. The van der Waals surface area contributed by atoms with Crippen LogP contribution >= 0.6 is 23.1 Å². The molecular formula is C4H4Cl2N2O2S. The third-order valence-electron chi connectivity index (χ3n) is 0.805. The molecular weight excluding hydrogens is 211 g/mol. The van der Waals surface area contributed by atoms with Crippen molar-refractivity contribution in [1.82, 2.24) is 9.97 Å². The first-order valence-electron chi connectivity index (χ1n) is 2.31. The summed E-state index contributed by atoms with van der Waals surface area (Å²) in [7, 11) is 1.26. The summed E-state index contributed by atoms with van der Waals surface area (Å²) in [6, 6.07) is 1.22. The molecule has 0 aliphatic rings. The van der Waals surface area contributed by atoms with Gasteiger partial charge in [-0.1, -0.05) is 0 Å². The lowest BCUT2D eigenvalue weighted by Crippen LogP contribution is -1.93. The minimum Gasteiger partial charge on any atom is -0.245 e. The van der Waals surface area contributed by atoms with Crippen molar-refractivity contribution in [3.63, 3.8) is 0 Å². The molecule has 0 radical (unpaired) electrons. The molecule has 0 saturated carbocycles. The number of hydrogen-bond acceptors (Lipinski definition) is 4. The lowest BCUT2D eigenvalue weighted by atomic mass is 10.7. The zero-order chi connectivity index (χ0) is 7.61. The van der Waals surface area contributed by atoms with E-state index < -0.39 is 9.05 Å². The minimum atomic E-state index is -3.68. The summed E-state index contributed by atoms with van der Waals surface area (Å²) in [5, 5.41) is -0.177. The van der Waals surface area contributed by atoms with Crippen LogP contribution in [0.25, 0.3) is 0 Å². The predicted octanol–water partition coefficient (Wildman–Crippen LogP) is 0.826. The van der Waals surface area contributed by atoms with Crippen LogP contribution in [-0.2, 0) is 9.05 Å². The molecule has 0 fully saturated rings. The zero-order valence-corrected chi connectivity index (χ0v) is 7.53. The van der Waals surface area contributed by atoms with Crippen LogP contribution in [0.2, 0.25) is 0 Å². The van der Waals surface area contributed by atoms with Crippen molar-refractivity contribution >= 4 is 32.1 Å². The van der Waals surface area contributed by atoms with Crippen LogP contribution in [0.5, 0.6) is 0 Å². The Kier molecular flexibility index (Phi) is 3.71. The average molecular weight is 215 g/mol. The van der Waals surface area contributed by atoms with Gasteiger partial charge in [0.15, 0.2) is 5.03 Å². The van der Waals surface area contributed by atoms with Crippen molar-refractivity contribution < 1.29 is 8.42 Å². The minimum absolute atomic E-state index is 0. The molecule has 0 aliphatic heterocycles. The summed E-state index contributed by atoms with van der Waals surface area (Å²) in [5.41, 5.74) is 0. The maximum absolute atomic E-state index is 10.5. The van der Waals surface area contributed by atoms with Crippen LogP contribution < -0.4 is 0 Å². The van der Waals surface area contributed by atoms with Crippen LogP contribution in [0.1, 0.15) is 0 Å². The Morgan fingerprint density at radius 1 is 1.45 bits per heavy atom. The number of hydrogen-bond donors (Lipinski definition) is 0.